The van der Waals surface area contributed by atoms with Crippen molar-refractivity contribution < 1.29 is 14.6 Å². The lowest BCUT2D eigenvalue weighted by atomic mass is 9.84. The van der Waals surface area contributed by atoms with E-state index in [4.69, 9.17) is 4.74 Å². The molecule has 138 valence electrons. The van der Waals surface area contributed by atoms with Crippen molar-refractivity contribution in [3.8, 4) is 5.75 Å². The zero-order valence-electron chi connectivity index (χ0n) is 15.2. The Kier molecular flexibility index (Phi) is 5.97. The van der Waals surface area contributed by atoms with Crippen LogP contribution in [-0.4, -0.2) is 54.3 Å². The summed E-state index contributed by atoms with van der Waals surface area (Å²) in [6, 6.07) is 7.46. The minimum Gasteiger partial charge on any atom is -0.497 e. The summed E-state index contributed by atoms with van der Waals surface area (Å²) in [5.74, 6) is 0.659. The van der Waals surface area contributed by atoms with Gasteiger partial charge in [0.2, 0.25) is 0 Å². The van der Waals surface area contributed by atoms with Crippen molar-refractivity contribution in [1.82, 2.24) is 10.2 Å². The van der Waals surface area contributed by atoms with Crippen LogP contribution in [0.15, 0.2) is 24.3 Å². The van der Waals surface area contributed by atoms with Gasteiger partial charge in [-0.15, -0.1) is 0 Å². The first-order chi connectivity index (χ1) is 12.1. The first-order valence-corrected chi connectivity index (χ1v) is 9.48. The van der Waals surface area contributed by atoms with Gasteiger partial charge in [-0.05, 0) is 43.9 Å². The highest BCUT2D eigenvalue weighted by molar-refractivity contribution is 5.94. The molecular weight excluding hydrogens is 316 g/mol. The predicted molar refractivity (Wildman–Crippen MR) is 98.0 cm³/mol. The van der Waals surface area contributed by atoms with Gasteiger partial charge in [0.15, 0.2) is 0 Å². The number of likely N-dealkylation sites (tertiary alicyclic amines) is 1. The summed E-state index contributed by atoms with van der Waals surface area (Å²) in [6.45, 7) is 2.65. The Morgan fingerprint density at radius 2 is 2.00 bits per heavy atom. The lowest BCUT2D eigenvalue weighted by Crippen LogP contribution is -2.50. The maximum atomic E-state index is 12.4. The number of hydrogen-bond donors (Lipinski definition) is 2. The highest BCUT2D eigenvalue weighted by atomic mass is 16.5. The number of rotatable bonds is 5. The second kappa shape index (κ2) is 8.19. The van der Waals surface area contributed by atoms with Gasteiger partial charge in [0.05, 0.1) is 12.7 Å². The van der Waals surface area contributed by atoms with Crippen molar-refractivity contribution >= 4 is 5.91 Å². The maximum Gasteiger partial charge on any atom is 0.251 e. The van der Waals surface area contributed by atoms with Crippen molar-refractivity contribution in [1.29, 1.82) is 0 Å². The normalized spacial score (nSPS) is 21.7. The van der Waals surface area contributed by atoms with Crippen molar-refractivity contribution in [2.24, 2.45) is 0 Å². The molecule has 1 saturated carbocycles. The molecule has 0 atom stereocenters. The van der Waals surface area contributed by atoms with Crippen molar-refractivity contribution in [3.63, 3.8) is 0 Å². The Balaban J connectivity index is 1.46. The average Bonchev–Trinajstić information content (AvgIpc) is 2.64. The molecule has 1 aliphatic heterocycles. The molecular formula is C20H30N2O3. The first-order valence-electron chi connectivity index (χ1n) is 9.48. The molecule has 1 aliphatic carbocycles. The van der Waals surface area contributed by atoms with E-state index in [1.54, 1.807) is 13.2 Å². The monoisotopic (exact) mass is 346 g/mol. The summed E-state index contributed by atoms with van der Waals surface area (Å²) >= 11 is 0. The van der Waals surface area contributed by atoms with Gasteiger partial charge in [0.25, 0.3) is 5.91 Å². The minimum atomic E-state index is -0.491. The van der Waals surface area contributed by atoms with Gasteiger partial charge in [0.1, 0.15) is 5.75 Å². The number of methoxy groups -OCH3 is 1. The standard InChI is InChI=1S/C20H30N2O3/c1-25-18-7-5-6-16(14-18)19(23)21-17-8-12-22(13-9-17)15-20(24)10-3-2-4-11-20/h5-7,14,17,24H,2-4,8-13,15H2,1H3,(H,21,23). The summed E-state index contributed by atoms with van der Waals surface area (Å²) in [5.41, 5.74) is 0.146. The van der Waals surface area contributed by atoms with Crippen LogP contribution in [0, 0.1) is 0 Å². The Morgan fingerprint density at radius 3 is 2.68 bits per heavy atom. The third-order valence-corrected chi connectivity index (χ3v) is 5.56. The van der Waals surface area contributed by atoms with Gasteiger partial charge < -0.3 is 20.1 Å². The third kappa shape index (κ3) is 4.95. The number of piperidine rings is 1. The molecule has 0 unspecified atom stereocenters. The van der Waals surface area contributed by atoms with E-state index in [0.29, 0.717) is 11.3 Å². The Bertz CT molecular complexity index is 576. The Hall–Kier alpha value is -1.59. The molecule has 0 bridgehead atoms. The van der Waals surface area contributed by atoms with E-state index >= 15 is 0 Å². The summed E-state index contributed by atoms with van der Waals surface area (Å²) in [7, 11) is 1.60. The van der Waals surface area contributed by atoms with Crippen molar-refractivity contribution in [2.45, 2.75) is 56.6 Å². The average molecular weight is 346 g/mol. The molecule has 2 aliphatic rings. The zero-order valence-corrected chi connectivity index (χ0v) is 15.2. The van der Waals surface area contributed by atoms with Crippen LogP contribution in [0.3, 0.4) is 0 Å². The van der Waals surface area contributed by atoms with E-state index in [2.05, 4.69) is 10.2 Å². The molecule has 0 radical (unpaired) electrons. The fraction of sp³-hybridized carbons (Fsp3) is 0.650. The number of ether oxygens (including phenoxy) is 1. The smallest absolute Gasteiger partial charge is 0.251 e. The molecule has 2 N–H and O–H groups in total. The number of aliphatic hydroxyl groups is 1. The highest BCUT2D eigenvalue weighted by Crippen LogP contribution is 2.29. The maximum absolute atomic E-state index is 12.4. The van der Waals surface area contributed by atoms with Crippen molar-refractivity contribution in [2.75, 3.05) is 26.7 Å². The summed E-state index contributed by atoms with van der Waals surface area (Å²) in [6.07, 6.45) is 7.27. The van der Waals surface area contributed by atoms with E-state index in [1.807, 2.05) is 18.2 Å². The van der Waals surface area contributed by atoms with Crippen LogP contribution in [-0.2, 0) is 0 Å². The Labute approximate surface area is 150 Å². The van der Waals surface area contributed by atoms with Crippen LogP contribution in [0.1, 0.15) is 55.3 Å². The van der Waals surface area contributed by atoms with Gasteiger partial charge >= 0.3 is 0 Å². The Morgan fingerprint density at radius 1 is 1.28 bits per heavy atom. The molecule has 1 amide bonds. The van der Waals surface area contributed by atoms with Crippen LogP contribution in [0.2, 0.25) is 0 Å². The lowest BCUT2D eigenvalue weighted by Gasteiger charge is -2.40. The summed E-state index contributed by atoms with van der Waals surface area (Å²) in [4.78, 5) is 14.8. The van der Waals surface area contributed by atoms with Crippen LogP contribution in [0.4, 0.5) is 0 Å². The van der Waals surface area contributed by atoms with Crippen LogP contribution >= 0.6 is 0 Å². The number of carbonyl (C=O) groups excluding carboxylic acids is 1. The SMILES string of the molecule is COc1cccc(C(=O)NC2CCN(CC3(O)CCCCC3)CC2)c1. The van der Waals surface area contributed by atoms with Gasteiger partial charge in [-0.25, -0.2) is 0 Å². The zero-order chi connectivity index (χ0) is 17.7. The number of benzene rings is 1. The van der Waals surface area contributed by atoms with Crippen LogP contribution in [0.25, 0.3) is 0 Å². The number of β-amino-alcohol motifs (C(OH)–C–C–N with tert-alkyl or cyclic N) is 1. The molecule has 1 heterocycles. The van der Waals surface area contributed by atoms with Crippen LogP contribution in [0.5, 0.6) is 5.75 Å². The molecule has 3 rings (SSSR count). The molecule has 25 heavy (non-hydrogen) atoms. The summed E-state index contributed by atoms with van der Waals surface area (Å²) < 4.78 is 5.18. The van der Waals surface area contributed by atoms with Crippen LogP contribution < -0.4 is 10.1 Å². The number of nitrogens with one attached hydrogen (secondary N) is 1. The van der Waals surface area contributed by atoms with Gasteiger partial charge in [0, 0.05) is 31.2 Å². The highest BCUT2D eigenvalue weighted by Gasteiger charge is 2.32. The minimum absolute atomic E-state index is 0.0386. The third-order valence-electron chi connectivity index (χ3n) is 5.56. The van der Waals surface area contributed by atoms with E-state index in [9.17, 15) is 9.90 Å². The quantitative estimate of drug-likeness (QED) is 0.860. The second-order valence-corrected chi connectivity index (χ2v) is 7.54. The fourth-order valence-corrected chi connectivity index (χ4v) is 4.05. The summed E-state index contributed by atoms with van der Waals surface area (Å²) in [5, 5.41) is 13.8. The van der Waals surface area contributed by atoms with E-state index in [1.165, 1.54) is 6.42 Å². The van der Waals surface area contributed by atoms with E-state index < -0.39 is 5.60 Å². The molecule has 5 nitrogen and oxygen atoms in total. The van der Waals surface area contributed by atoms with E-state index in [0.717, 1.165) is 58.2 Å². The molecule has 1 saturated heterocycles. The van der Waals surface area contributed by atoms with E-state index in [-0.39, 0.29) is 11.9 Å². The molecule has 1 aromatic rings. The molecule has 0 aromatic heterocycles. The van der Waals surface area contributed by atoms with Gasteiger partial charge in [-0.2, -0.15) is 0 Å². The second-order valence-electron chi connectivity index (χ2n) is 7.54. The molecule has 2 fully saturated rings. The molecule has 5 heteroatoms. The van der Waals surface area contributed by atoms with Crippen molar-refractivity contribution in [3.05, 3.63) is 29.8 Å². The fourth-order valence-electron chi connectivity index (χ4n) is 4.05. The predicted octanol–water partition coefficient (Wildman–Crippen LogP) is 2.58. The van der Waals surface area contributed by atoms with Gasteiger partial charge in [-0.1, -0.05) is 25.3 Å². The largest absolute Gasteiger partial charge is 0.497 e. The number of hydrogen-bond acceptors (Lipinski definition) is 4. The number of carbonyl (C=O) groups is 1. The topological polar surface area (TPSA) is 61.8 Å². The number of nitrogens with zero attached hydrogens (tertiary/aromatic N) is 1. The van der Waals surface area contributed by atoms with Gasteiger partial charge in [-0.3, -0.25) is 4.79 Å². The molecule has 1 aromatic carbocycles. The first kappa shape index (κ1) is 18.2. The molecule has 0 spiro atoms. The number of amides is 1. The lowest BCUT2D eigenvalue weighted by molar-refractivity contribution is -0.0312.